The molecule has 0 aliphatic rings. The highest BCUT2D eigenvalue weighted by atomic mass is 16.5. The SMILES string of the molecule is CC[C@H](NC(=O)COC(=O)Cc1cc(OC)c(OC)c(OC)c1)c1ccc(C)cc1. The second-order valence-electron chi connectivity index (χ2n) is 6.81. The minimum absolute atomic E-state index is 0.0286. The van der Waals surface area contributed by atoms with Gasteiger partial charge in [-0.15, -0.1) is 0 Å². The van der Waals surface area contributed by atoms with E-state index in [9.17, 15) is 9.59 Å². The molecule has 7 nitrogen and oxygen atoms in total. The Labute approximate surface area is 177 Å². The number of hydrogen-bond acceptors (Lipinski definition) is 6. The number of amides is 1. The van der Waals surface area contributed by atoms with Gasteiger partial charge in [0, 0.05) is 0 Å². The molecule has 1 atom stereocenters. The molecule has 2 aromatic carbocycles. The lowest BCUT2D eigenvalue weighted by molar-refractivity contribution is -0.148. The van der Waals surface area contributed by atoms with Gasteiger partial charge >= 0.3 is 5.97 Å². The maximum atomic E-state index is 12.2. The number of esters is 1. The molecule has 2 rings (SSSR count). The van der Waals surface area contributed by atoms with Crippen LogP contribution in [0.5, 0.6) is 17.2 Å². The number of carbonyl (C=O) groups excluding carboxylic acids is 2. The molecule has 1 amide bonds. The molecule has 0 aliphatic carbocycles. The molecular weight excluding hydrogens is 386 g/mol. The van der Waals surface area contributed by atoms with E-state index in [0.717, 1.165) is 17.5 Å². The summed E-state index contributed by atoms with van der Waals surface area (Å²) in [5.41, 5.74) is 2.79. The number of ether oxygens (including phenoxy) is 4. The van der Waals surface area contributed by atoms with E-state index in [1.165, 1.54) is 21.3 Å². The van der Waals surface area contributed by atoms with Gasteiger partial charge in [0.2, 0.25) is 5.75 Å². The Balaban J connectivity index is 1.93. The van der Waals surface area contributed by atoms with E-state index in [1.807, 2.05) is 38.1 Å². The number of nitrogens with one attached hydrogen (secondary N) is 1. The average molecular weight is 415 g/mol. The van der Waals surface area contributed by atoms with Crippen molar-refractivity contribution in [2.45, 2.75) is 32.7 Å². The summed E-state index contributed by atoms with van der Waals surface area (Å²) in [7, 11) is 4.51. The standard InChI is InChI=1S/C23H29NO6/c1-6-18(17-9-7-15(2)8-10-17)24-21(25)14-30-22(26)13-16-11-19(27-3)23(29-5)20(12-16)28-4/h7-12,18H,6,13-14H2,1-5H3,(H,24,25)/t18-/m0/s1. The molecule has 0 heterocycles. The minimum atomic E-state index is -0.525. The number of hydrogen-bond donors (Lipinski definition) is 1. The molecule has 30 heavy (non-hydrogen) atoms. The summed E-state index contributed by atoms with van der Waals surface area (Å²) < 4.78 is 21.0. The molecule has 0 saturated heterocycles. The number of methoxy groups -OCH3 is 3. The maximum Gasteiger partial charge on any atom is 0.310 e. The number of aryl methyl sites for hydroxylation is 1. The molecule has 0 radical (unpaired) electrons. The molecular formula is C23H29NO6. The summed E-state index contributed by atoms with van der Waals surface area (Å²) >= 11 is 0. The van der Waals surface area contributed by atoms with Crippen LogP contribution >= 0.6 is 0 Å². The van der Waals surface area contributed by atoms with Gasteiger partial charge in [-0.1, -0.05) is 36.8 Å². The van der Waals surface area contributed by atoms with Gasteiger partial charge in [0.15, 0.2) is 18.1 Å². The van der Waals surface area contributed by atoms with Gasteiger partial charge in [-0.05, 0) is 36.6 Å². The number of benzene rings is 2. The lowest BCUT2D eigenvalue weighted by Crippen LogP contribution is -2.32. The topological polar surface area (TPSA) is 83.1 Å². The highest BCUT2D eigenvalue weighted by molar-refractivity contribution is 5.81. The van der Waals surface area contributed by atoms with Crippen molar-refractivity contribution >= 4 is 11.9 Å². The van der Waals surface area contributed by atoms with Gasteiger partial charge in [0.1, 0.15) is 0 Å². The zero-order chi connectivity index (χ0) is 22.1. The van der Waals surface area contributed by atoms with Crippen LogP contribution in [0.1, 0.15) is 36.1 Å². The van der Waals surface area contributed by atoms with Gasteiger partial charge in [0.25, 0.3) is 5.91 Å². The Hall–Kier alpha value is -3.22. The van der Waals surface area contributed by atoms with E-state index in [2.05, 4.69) is 5.32 Å². The third kappa shape index (κ3) is 6.14. The molecule has 162 valence electrons. The molecule has 7 heteroatoms. The second kappa shape index (κ2) is 11.1. The van der Waals surface area contributed by atoms with Crippen LogP contribution in [0.4, 0.5) is 0 Å². The van der Waals surface area contributed by atoms with Crippen molar-refractivity contribution < 1.29 is 28.5 Å². The van der Waals surface area contributed by atoms with E-state index in [1.54, 1.807) is 12.1 Å². The van der Waals surface area contributed by atoms with Gasteiger partial charge in [0.05, 0.1) is 33.8 Å². The number of carbonyl (C=O) groups is 2. The van der Waals surface area contributed by atoms with Gasteiger partial charge in [-0.3, -0.25) is 9.59 Å². The smallest absolute Gasteiger partial charge is 0.310 e. The second-order valence-corrected chi connectivity index (χ2v) is 6.81. The first-order chi connectivity index (χ1) is 14.4. The van der Waals surface area contributed by atoms with E-state index < -0.39 is 5.97 Å². The molecule has 0 spiro atoms. The highest BCUT2D eigenvalue weighted by Gasteiger charge is 2.17. The van der Waals surface area contributed by atoms with Gasteiger partial charge in [-0.2, -0.15) is 0 Å². The summed E-state index contributed by atoms with van der Waals surface area (Å²) in [4.78, 5) is 24.5. The van der Waals surface area contributed by atoms with Crippen molar-refractivity contribution in [1.82, 2.24) is 5.32 Å². The minimum Gasteiger partial charge on any atom is -0.493 e. The number of rotatable bonds is 10. The van der Waals surface area contributed by atoms with Gasteiger partial charge < -0.3 is 24.3 Å². The fourth-order valence-electron chi connectivity index (χ4n) is 3.06. The molecule has 0 aliphatic heterocycles. The van der Waals surface area contributed by atoms with Crippen LogP contribution in [0.2, 0.25) is 0 Å². The summed E-state index contributed by atoms with van der Waals surface area (Å²) in [6.07, 6.45) is 0.702. The van der Waals surface area contributed by atoms with Gasteiger partial charge in [-0.25, -0.2) is 0 Å². The maximum absolute atomic E-state index is 12.2. The molecule has 0 unspecified atom stereocenters. The summed E-state index contributed by atoms with van der Waals surface area (Å²) in [6.45, 7) is 3.66. The quantitative estimate of drug-likeness (QED) is 0.599. The van der Waals surface area contributed by atoms with E-state index in [0.29, 0.717) is 22.8 Å². The predicted molar refractivity (Wildman–Crippen MR) is 113 cm³/mol. The van der Waals surface area contributed by atoms with Crippen LogP contribution in [0.3, 0.4) is 0 Å². The Kier molecular flexibility index (Phi) is 8.53. The summed E-state index contributed by atoms with van der Waals surface area (Å²) in [5.74, 6) is 0.462. The van der Waals surface area contributed by atoms with Crippen molar-refractivity contribution in [3.05, 3.63) is 53.1 Å². The Bertz CT molecular complexity index is 837. The fraction of sp³-hybridized carbons (Fsp3) is 0.391. The lowest BCUT2D eigenvalue weighted by atomic mass is 10.0. The van der Waals surface area contributed by atoms with Crippen molar-refractivity contribution in [3.8, 4) is 17.2 Å². The summed E-state index contributed by atoms with van der Waals surface area (Å²) in [6, 6.07) is 11.2. The van der Waals surface area contributed by atoms with Crippen molar-refractivity contribution in [3.63, 3.8) is 0 Å². The third-order valence-corrected chi connectivity index (χ3v) is 4.66. The monoisotopic (exact) mass is 415 g/mol. The molecule has 0 fully saturated rings. The largest absolute Gasteiger partial charge is 0.493 e. The zero-order valence-electron chi connectivity index (χ0n) is 18.1. The molecule has 1 N–H and O–H groups in total. The van der Waals surface area contributed by atoms with Crippen LogP contribution in [0.15, 0.2) is 36.4 Å². The Morgan fingerprint density at radius 1 is 0.967 bits per heavy atom. The molecule has 2 aromatic rings. The third-order valence-electron chi connectivity index (χ3n) is 4.66. The lowest BCUT2D eigenvalue weighted by Gasteiger charge is -2.18. The zero-order valence-corrected chi connectivity index (χ0v) is 18.1. The first-order valence-corrected chi connectivity index (χ1v) is 9.72. The van der Waals surface area contributed by atoms with Crippen molar-refractivity contribution in [2.24, 2.45) is 0 Å². The van der Waals surface area contributed by atoms with Crippen LogP contribution in [-0.2, 0) is 20.7 Å². The normalized spacial score (nSPS) is 11.4. The van der Waals surface area contributed by atoms with E-state index in [4.69, 9.17) is 18.9 Å². The first-order valence-electron chi connectivity index (χ1n) is 9.72. The Morgan fingerprint density at radius 3 is 2.07 bits per heavy atom. The summed E-state index contributed by atoms with van der Waals surface area (Å²) in [5, 5.41) is 2.90. The predicted octanol–water partition coefficient (Wildman–Crippen LogP) is 3.37. The average Bonchev–Trinajstić information content (AvgIpc) is 2.75. The fourth-order valence-corrected chi connectivity index (χ4v) is 3.06. The van der Waals surface area contributed by atoms with Crippen LogP contribution in [0, 0.1) is 6.92 Å². The van der Waals surface area contributed by atoms with E-state index >= 15 is 0 Å². The van der Waals surface area contributed by atoms with Crippen molar-refractivity contribution in [1.29, 1.82) is 0 Å². The molecule has 0 saturated carbocycles. The first kappa shape index (κ1) is 23.1. The van der Waals surface area contributed by atoms with Crippen LogP contribution in [-0.4, -0.2) is 39.8 Å². The Morgan fingerprint density at radius 2 is 1.57 bits per heavy atom. The van der Waals surface area contributed by atoms with Crippen molar-refractivity contribution in [2.75, 3.05) is 27.9 Å². The molecule has 0 aromatic heterocycles. The van der Waals surface area contributed by atoms with Crippen LogP contribution < -0.4 is 19.5 Å². The van der Waals surface area contributed by atoms with Crippen LogP contribution in [0.25, 0.3) is 0 Å². The molecule has 0 bridgehead atoms. The van der Waals surface area contributed by atoms with E-state index in [-0.39, 0.29) is 25.0 Å². The highest BCUT2D eigenvalue weighted by Crippen LogP contribution is 2.38.